The fraction of sp³-hybridized carbons (Fsp3) is 0.417. The zero-order valence-corrected chi connectivity index (χ0v) is 8.97. The first-order valence-corrected chi connectivity index (χ1v) is 5.29. The number of hydrogen-bond acceptors (Lipinski definition) is 2. The van der Waals surface area contributed by atoms with Crippen LogP contribution in [0.5, 0.6) is 0 Å². The summed E-state index contributed by atoms with van der Waals surface area (Å²) in [5.74, 6) is -1.57. The Hall–Kier alpha value is -1.29. The Morgan fingerprint density at radius 3 is 2.69 bits per heavy atom. The number of rotatable bonds is 1. The summed E-state index contributed by atoms with van der Waals surface area (Å²) in [5.41, 5.74) is 0.624. The second kappa shape index (κ2) is 4.29. The van der Waals surface area contributed by atoms with Crippen LogP contribution < -0.4 is 5.32 Å². The number of benzene rings is 1. The Kier molecular flexibility index (Phi) is 3.01. The van der Waals surface area contributed by atoms with Crippen molar-refractivity contribution in [2.75, 3.05) is 6.54 Å². The molecule has 16 heavy (non-hydrogen) atoms. The Morgan fingerprint density at radius 1 is 1.31 bits per heavy atom. The Bertz CT molecular complexity index is 419. The molecule has 1 aliphatic rings. The first-order chi connectivity index (χ1) is 7.58. The molecule has 1 aromatic carbocycles. The Balaban J connectivity index is 2.18. The van der Waals surface area contributed by atoms with Crippen LogP contribution in [0.2, 0.25) is 0 Å². The molecule has 2 nitrogen and oxygen atoms in total. The van der Waals surface area contributed by atoms with Crippen LogP contribution in [-0.2, 0) is 4.79 Å². The highest BCUT2D eigenvalue weighted by molar-refractivity contribution is 5.82. The van der Waals surface area contributed by atoms with Crippen molar-refractivity contribution in [1.82, 2.24) is 5.32 Å². The van der Waals surface area contributed by atoms with Crippen molar-refractivity contribution in [3.63, 3.8) is 0 Å². The molecule has 1 aliphatic heterocycles. The van der Waals surface area contributed by atoms with Crippen molar-refractivity contribution < 1.29 is 13.6 Å². The summed E-state index contributed by atoms with van der Waals surface area (Å²) in [6.45, 7) is 2.44. The highest BCUT2D eigenvalue weighted by Gasteiger charge is 2.26. The van der Waals surface area contributed by atoms with Gasteiger partial charge >= 0.3 is 0 Å². The van der Waals surface area contributed by atoms with E-state index in [1.807, 2.05) is 6.92 Å². The molecule has 2 atom stereocenters. The average molecular weight is 225 g/mol. The van der Waals surface area contributed by atoms with Crippen LogP contribution in [-0.4, -0.2) is 12.3 Å². The molecule has 1 aromatic rings. The summed E-state index contributed by atoms with van der Waals surface area (Å²) in [5, 5.41) is 3.15. The molecule has 1 N–H and O–H groups in total. The first kappa shape index (κ1) is 11.2. The number of Topliss-reactive ketones (excluding diaryl/α,β-unsaturated/α-hetero) is 1. The van der Waals surface area contributed by atoms with Gasteiger partial charge in [0.05, 0.1) is 0 Å². The quantitative estimate of drug-likeness (QED) is 0.793. The molecule has 4 heteroatoms. The molecule has 0 spiro atoms. The SMILES string of the molecule is CC1CN[C@H](c2ccc(F)c(F)c2)CC1=O. The normalized spacial score (nSPS) is 25.8. The van der Waals surface area contributed by atoms with Crippen LogP contribution in [0.15, 0.2) is 18.2 Å². The van der Waals surface area contributed by atoms with Crippen molar-refractivity contribution in [3.8, 4) is 0 Å². The van der Waals surface area contributed by atoms with Gasteiger partial charge in [-0.25, -0.2) is 8.78 Å². The second-order valence-corrected chi connectivity index (χ2v) is 4.21. The average Bonchev–Trinajstić information content (AvgIpc) is 2.26. The third-order valence-electron chi connectivity index (χ3n) is 2.97. The third-order valence-corrected chi connectivity index (χ3v) is 2.97. The van der Waals surface area contributed by atoms with E-state index in [0.717, 1.165) is 12.1 Å². The molecule has 2 rings (SSSR count). The number of nitrogens with one attached hydrogen (secondary N) is 1. The second-order valence-electron chi connectivity index (χ2n) is 4.21. The van der Waals surface area contributed by atoms with Gasteiger partial charge in [0.2, 0.25) is 0 Å². The summed E-state index contributed by atoms with van der Waals surface area (Å²) in [4.78, 5) is 11.5. The van der Waals surface area contributed by atoms with Gasteiger partial charge in [0.15, 0.2) is 11.6 Å². The Labute approximate surface area is 92.7 Å². The van der Waals surface area contributed by atoms with E-state index < -0.39 is 11.6 Å². The topological polar surface area (TPSA) is 29.1 Å². The van der Waals surface area contributed by atoms with Crippen LogP contribution in [0.1, 0.15) is 24.9 Å². The van der Waals surface area contributed by atoms with Gasteiger partial charge in [0.1, 0.15) is 5.78 Å². The largest absolute Gasteiger partial charge is 0.309 e. The molecular weight excluding hydrogens is 212 g/mol. The maximum Gasteiger partial charge on any atom is 0.159 e. The number of ketones is 1. The lowest BCUT2D eigenvalue weighted by atomic mass is 9.91. The van der Waals surface area contributed by atoms with Crippen LogP contribution >= 0.6 is 0 Å². The van der Waals surface area contributed by atoms with Crippen molar-refractivity contribution >= 4 is 5.78 Å². The van der Waals surface area contributed by atoms with Gasteiger partial charge in [-0.3, -0.25) is 4.79 Å². The van der Waals surface area contributed by atoms with E-state index in [1.165, 1.54) is 6.07 Å². The maximum atomic E-state index is 13.0. The minimum atomic E-state index is -0.870. The van der Waals surface area contributed by atoms with Gasteiger partial charge in [0, 0.05) is 24.9 Å². The van der Waals surface area contributed by atoms with Crippen molar-refractivity contribution in [1.29, 1.82) is 0 Å². The summed E-state index contributed by atoms with van der Waals surface area (Å²) < 4.78 is 25.8. The molecule has 0 amide bonds. The zero-order chi connectivity index (χ0) is 11.7. The van der Waals surface area contributed by atoms with Gasteiger partial charge in [0.25, 0.3) is 0 Å². The predicted molar refractivity (Wildman–Crippen MR) is 55.9 cm³/mol. The minimum absolute atomic E-state index is 0.00143. The molecule has 0 saturated carbocycles. The van der Waals surface area contributed by atoms with Crippen LogP contribution in [0.3, 0.4) is 0 Å². The number of carbonyl (C=O) groups is 1. The highest BCUT2D eigenvalue weighted by Crippen LogP contribution is 2.24. The van der Waals surface area contributed by atoms with Crippen molar-refractivity contribution in [3.05, 3.63) is 35.4 Å². The van der Waals surface area contributed by atoms with Crippen molar-refractivity contribution in [2.45, 2.75) is 19.4 Å². The third kappa shape index (κ3) is 2.11. The van der Waals surface area contributed by atoms with E-state index in [0.29, 0.717) is 18.5 Å². The van der Waals surface area contributed by atoms with E-state index in [2.05, 4.69) is 5.32 Å². The van der Waals surface area contributed by atoms with Crippen LogP contribution in [0, 0.1) is 17.6 Å². The zero-order valence-electron chi connectivity index (χ0n) is 8.97. The minimum Gasteiger partial charge on any atom is -0.309 e. The van der Waals surface area contributed by atoms with Crippen LogP contribution in [0.25, 0.3) is 0 Å². The number of hydrogen-bond donors (Lipinski definition) is 1. The molecule has 0 aromatic heterocycles. The number of halogens is 2. The molecule has 1 heterocycles. The fourth-order valence-corrected chi connectivity index (χ4v) is 1.87. The van der Waals surface area contributed by atoms with Crippen molar-refractivity contribution in [2.24, 2.45) is 5.92 Å². The molecule has 0 bridgehead atoms. The summed E-state index contributed by atoms with van der Waals surface area (Å²) >= 11 is 0. The monoisotopic (exact) mass is 225 g/mol. The molecule has 86 valence electrons. The maximum absolute atomic E-state index is 13.0. The summed E-state index contributed by atoms with van der Waals surface area (Å²) in [6.07, 6.45) is 0.340. The molecule has 0 aliphatic carbocycles. The molecular formula is C12H13F2NO. The number of carbonyl (C=O) groups excluding carboxylic acids is 1. The van der Waals surface area contributed by atoms with E-state index in [1.54, 1.807) is 0 Å². The van der Waals surface area contributed by atoms with Gasteiger partial charge < -0.3 is 5.32 Å². The standard InChI is InChI=1S/C12H13F2NO/c1-7-6-15-11(5-12(7)16)8-2-3-9(13)10(14)4-8/h2-4,7,11,15H,5-6H2,1H3/t7?,11-/m0/s1. The predicted octanol–water partition coefficient (Wildman–Crippen LogP) is 2.20. The first-order valence-electron chi connectivity index (χ1n) is 5.29. The van der Waals surface area contributed by atoms with E-state index in [9.17, 15) is 13.6 Å². The molecule has 1 unspecified atom stereocenters. The van der Waals surface area contributed by atoms with E-state index >= 15 is 0 Å². The number of piperidine rings is 1. The summed E-state index contributed by atoms with van der Waals surface area (Å²) in [6, 6.07) is 3.56. The van der Waals surface area contributed by atoms with E-state index in [4.69, 9.17) is 0 Å². The van der Waals surface area contributed by atoms with Gasteiger partial charge in [-0.05, 0) is 17.7 Å². The lowest BCUT2D eigenvalue weighted by Gasteiger charge is -2.27. The summed E-state index contributed by atoms with van der Waals surface area (Å²) in [7, 11) is 0. The van der Waals surface area contributed by atoms with Gasteiger partial charge in [-0.1, -0.05) is 13.0 Å². The smallest absolute Gasteiger partial charge is 0.159 e. The van der Waals surface area contributed by atoms with E-state index in [-0.39, 0.29) is 17.7 Å². The fourth-order valence-electron chi connectivity index (χ4n) is 1.87. The highest BCUT2D eigenvalue weighted by atomic mass is 19.2. The lowest BCUT2D eigenvalue weighted by molar-refractivity contribution is -0.124. The van der Waals surface area contributed by atoms with Gasteiger partial charge in [-0.2, -0.15) is 0 Å². The molecule has 1 saturated heterocycles. The van der Waals surface area contributed by atoms with Gasteiger partial charge in [-0.15, -0.1) is 0 Å². The molecule has 0 radical (unpaired) electrons. The lowest BCUT2D eigenvalue weighted by Crippen LogP contribution is -2.38. The van der Waals surface area contributed by atoms with Crippen LogP contribution in [0.4, 0.5) is 8.78 Å². The molecule has 1 fully saturated rings. The Morgan fingerprint density at radius 2 is 2.06 bits per heavy atom.